The van der Waals surface area contributed by atoms with Crippen molar-refractivity contribution >= 4 is 29.5 Å². The highest BCUT2D eigenvalue weighted by Gasteiger charge is 2.23. The summed E-state index contributed by atoms with van der Waals surface area (Å²) in [6.45, 7) is 8.14. The molecular formula is C22H31ClN4O4. The van der Waals surface area contributed by atoms with Gasteiger partial charge in [0.25, 0.3) is 0 Å². The van der Waals surface area contributed by atoms with Gasteiger partial charge in [0.05, 0.1) is 17.1 Å². The maximum atomic E-state index is 12.5. The van der Waals surface area contributed by atoms with Crippen LogP contribution >= 0.6 is 11.6 Å². The number of ether oxygens (including phenoxy) is 1. The second-order valence-electron chi connectivity index (χ2n) is 8.48. The Morgan fingerprint density at radius 1 is 1.23 bits per heavy atom. The van der Waals surface area contributed by atoms with Gasteiger partial charge in [-0.15, -0.1) is 0 Å². The minimum absolute atomic E-state index is 0.0770. The third kappa shape index (κ3) is 6.89. The van der Waals surface area contributed by atoms with E-state index in [0.717, 1.165) is 22.6 Å². The molecule has 1 heterocycles. The second-order valence-corrected chi connectivity index (χ2v) is 8.86. The lowest BCUT2D eigenvalue weighted by molar-refractivity contribution is -0.137. The molecule has 0 aliphatic carbocycles. The molecule has 9 heteroatoms. The fourth-order valence-corrected chi connectivity index (χ4v) is 3.25. The van der Waals surface area contributed by atoms with Crippen LogP contribution in [0.2, 0.25) is 5.02 Å². The molecule has 1 N–H and O–H groups in total. The van der Waals surface area contributed by atoms with Crippen molar-refractivity contribution in [1.82, 2.24) is 14.7 Å². The van der Waals surface area contributed by atoms with E-state index in [0.29, 0.717) is 18.1 Å². The minimum atomic E-state index is -0.965. The number of carboxylic acid groups (broad SMARTS) is 1. The zero-order valence-corrected chi connectivity index (χ0v) is 19.7. The Labute approximate surface area is 188 Å². The molecule has 31 heavy (non-hydrogen) atoms. The molecule has 0 unspecified atom stereocenters. The van der Waals surface area contributed by atoms with Crippen LogP contribution in [0.1, 0.15) is 32.8 Å². The van der Waals surface area contributed by atoms with Gasteiger partial charge in [0.2, 0.25) is 0 Å². The Morgan fingerprint density at radius 2 is 1.90 bits per heavy atom. The topological polar surface area (TPSA) is 87.9 Å². The maximum Gasteiger partial charge on any atom is 0.410 e. The van der Waals surface area contributed by atoms with Gasteiger partial charge in [-0.2, -0.15) is 5.10 Å². The number of amides is 1. The normalized spacial score (nSPS) is 11.3. The highest BCUT2D eigenvalue weighted by Crippen LogP contribution is 2.31. The van der Waals surface area contributed by atoms with E-state index in [4.69, 9.17) is 21.4 Å². The molecule has 8 nitrogen and oxygen atoms in total. The van der Waals surface area contributed by atoms with Gasteiger partial charge >= 0.3 is 12.1 Å². The Hall–Kier alpha value is -2.74. The first-order chi connectivity index (χ1) is 14.4. The zero-order chi connectivity index (χ0) is 23.3. The highest BCUT2D eigenvalue weighted by molar-refractivity contribution is 6.34. The van der Waals surface area contributed by atoms with E-state index in [9.17, 15) is 9.59 Å². The lowest BCUT2D eigenvalue weighted by Gasteiger charge is -2.29. The smallest absolute Gasteiger partial charge is 0.410 e. The first-order valence-electron chi connectivity index (χ1n) is 10.1. The molecule has 0 radical (unpaired) electrons. The summed E-state index contributed by atoms with van der Waals surface area (Å²) in [5.74, 6) is -0.122. The van der Waals surface area contributed by atoms with Crippen LogP contribution in [0.5, 0.6) is 0 Å². The van der Waals surface area contributed by atoms with Crippen LogP contribution in [0, 0.1) is 6.92 Å². The molecule has 0 aliphatic heterocycles. The molecule has 0 bridgehead atoms. The quantitative estimate of drug-likeness (QED) is 0.648. The minimum Gasteiger partial charge on any atom is -0.481 e. The Kier molecular flexibility index (Phi) is 7.95. The lowest BCUT2D eigenvalue weighted by atomic mass is 10.1. The van der Waals surface area contributed by atoms with E-state index < -0.39 is 17.7 Å². The third-order valence-electron chi connectivity index (χ3n) is 4.67. The number of aliphatic carboxylic acids is 1. The molecule has 2 aromatic rings. The van der Waals surface area contributed by atoms with Gasteiger partial charge < -0.3 is 19.6 Å². The summed E-state index contributed by atoms with van der Waals surface area (Å²) in [6.07, 6.45) is -0.676. The van der Waals surface area contributed by atoms with Crippen LogP contribution in [0.15, 0.2) is 24.3 Å². The third-order valence-corrected chi connectivity index (χ3v) is 5.17. The van der Waals surface area contributed by atoms with Crippen molar-refractivity contribution in [1.29, 1.82) is 0 Å². The van der Waals surface area contributed by atoms with Crippen LogP contribution in [-0.2, 0) is 16.6 Å². The molecule has 0 aliphatic rings. The maximum absolute atomic E-state index is 12.5. The van der Waals surface area contributed by atoms with Crippen LogP contribution in [0.4, 0.5) is 10.6 Å². The number of rotatable bonds is 8. The number of carboxylic acids is 1. The SMILES string of the molecule is Cc1cccc(-c2cc(N(C)CCN(CCC(=O)O)C(=O)OC(C)(C)C)n(C)n2)c1Cl. The Balaban J connectivity index is 2.14. The summed E-state index contributed by atoms with van der Waals surface area (Å²) in [4.78, 5) is 26.9. The van der Waals surface area contributed by atoms with Crippen LogP contribution in [0.3, 0.4) is 0 Å². The number of nitrogens with zero attached hydrogens (tertiary/aromatic N) is 4. The van der Waals surface area contributed by atoms with Gasteiger partial charge in [-0.05, 0) is 33.3 Å². The van der Waals surface area contributed by atoms with E-state index in [1.165, 1.54) is 4.90 Å². The lowest BCUT2D eigenvalue weighted by Crippen LogP contribution is -2.42. The summed E-state index contributed by atoms with van der Waals surface area (Å²) in [6, 6.07) is 7.76. The van der Waals surface area contributed by atoms with Crippen molar-refractivity contribution in [2.75, 3.05) is 31.6 Å². The number of hydrogen-bond acceptors (Lipinski definition) is 5. The molecule has 1 aromatic carbocycles. The van der Waals surface area contributed by atoms with Crippen molar-refractivity contribution in [2.24, 2.45) is 7.05 Å². The van der Waals surface area contributed by atoms with E-state index in [1.807, 2.05) is 50.2 Å². The van der Waals surface area contributed by atoms with Crippen molar-refractivity contribution in [3.63, 3.8) is 0 Å². The first kappa shape index (κ1) is 24.5. The number of carbonyl (C=O) groups is 2. The van der Waals surface area contributed by atoms with Crippen molar-refractivity contribution in [3.8, 4) is 11.3 Å². The second kappa shape index (κ2) is 10.0. The van der Waals surface area contributed by atoms with Gasteiger partial charge in [0.15, 0.2) is 0 Å². The number of carbonyl (C=O) groups excluding carboxylic acids is 1. The number of halogens is 1. The van der Waals surface area contributed by atoms with E-state index >= 15 is 0 Å². The highest BCUT2D eigenvalue weighted by atomic mass is 35.5. The van der Waals surface area contributed by atoms with Gasteiger partial charge in [0.1, 0.15) is 11.4 Å². The molecule has 1 amide bonds. The van der Waals surface area contributed by atoms with Crippen molar-refractivity contribution < 1.29 is 19.4 Å². The predicted molar refractivity (Wildman–Crippen MR) is 122 cm³/mol. The molecule has 0 spiro atoms. The molecule has 170 valence electrons. The average Bonchev–Trinajstić information content (AvgIpc) is 3.03. The summed E-state index contributed by atoms with van der Waals surface area (Å²) >= 11 is 6.45. The van der Waals surface area contributed by atoms with E-state index in [2.05, 4.69) is 5.10 Å². The Morgan fingerprint density at radius 3 is 2.52 bits per heavy atom. The summed E-state index contributed by atoms with van der Waals surface area (Å²) in [5, 5.41) is 14.3. The van der Waals surface area contributed by atoms with Gasteiger partial charge in [-0.1, -0.05) is 29.8 Å². The summed E-state index contributed by atoms with van der Waals surface area (Å²) in [5.41, 5.74) is 1.93. The molecule has 2 rings (SSSR count). The van der Waals surface area contributed by atoms with Crippen LogP contribution in [-0.4, -0.2) is 64.1 Å². The predicted octanol–water partition coefficient (Wildman–Crippen LogP) is 4.20. The number of anilines is 1. The first-order valence-corrected chi connectivity index (χ1v) is 10.5. The molecule has 0 fully saturated rings. The summed E-state index contributed by atoms with van der Waals surface area (Å²) in [7, 11) is 3.73. The van der Waals surface area contributed by atoms with Gasteiger partial charge in [-0.3, -0.25) is 9.48 Å². The van der Waals surface area contributed by atoms with Gasteiger partial charge in [-0.25, -0.2) is 4.79 Å². The average molecular weight is 451 g/mol. The van der Waals surface area contributed by atoms with Crippen molar-refractivity contribution in [3.05, 3.63) is 34.9 Å². The molecule has 0 atom stereocenters. The van der Waals surface area contributed by atoms with E-state index in [-0.39, 0.29) is 13.0 Å². The fourth-order valence-electron chi connectivity index (χ4n) is 3.03. The molecule has 0 saturated carbocycles. The molecular weight excluding hydrogens is 420 g/mol. The monoisotopic (exact) mass is 450 g/mol. The van der Waals surface area contributed by atoms with Crippen molar-refractivity contribution in [2.45, 2.75) is 39.7 Å². The number of benzene rings is 1. The number of likely N-dealkylation sites (N-methyl/N-ethyl adjacent to an activating group) is 1. The molecule has 0 saturated heterocycles. The summed E-state index contributed by atoms with van der Waals surface area (Å²) < 4.78 is 7.18. The number of aromatic nitrogens is 2. The zero-order valence-electron chi connectivity index (χ0n) is 19.0. The van der Waals surface area contributed by atoms with Gasteiger partial charge in [0, 0.05) is 45.4 Å². The fraction of sp³-hybridized carbons (Fsp3) is 0.500. The number of hydrogen-bond donors (Lipinski definition) is 1. The Bertz CT molecular complexity index is 936. The van der Waals surface area contributed by atoms with E-state index in [1.54, 1.807) is 25.5 Å². The standard InChI is InChI=1S/C22H31ClN4O4/c1-15-8-7-9-16(20(15)23)17-14-18(26(6)24-17)25(5)12-13-27(11-10-19(28)29)21(30)31-22(2,3)4/h7-9,14H,10-13H2,1-6H3,(H,28,29). The van der Waals surface area contributed by atoms with Crippen LogP contribution in [0.25, 0.3) is 11.3 Å². The van der Waals surface area contributed by atoms with Crippen LogP contribution < -0.4 is 4.90 Å². The number of aryl methyl sites for hydroxylation is 2. The largest absolute Gasteiger partial charge is 0.481 e. The molecule has 1 aromatic heterocycles.